The molecule has 3 rings (SSSR count). The summed E-state index contributed by atoms with van der Waals surface area (Å²) in [4.78, 5) is 26.8. The lowest BCUT2D eigenvalue weighted by Crippen LogP contribution is -2.37. The van der Waals surface area contributed by atoms with Gasteiger partial charge >= 0.3 is 0 Å². The normalized spacial score (nSPS) is 12.9. The number of ether oxygens (including phenoxy) is 2. The van der Waals surface area contributed by atoms with Crippen LogP contribution >= 0.6 is 0 Å². The third-order valence-electron chi connectivity index (χ3n) is 5.13. The second kappa shape index (κ2) is 8.33. The van der Waals surface area contributed by atoms with E-state index in [-0.39, 0.29) is 18.2 Å². The van der Waals surface area contributed by atoms with E-state index in [2.05, 4.69) is 5.32 Å². The van der Waals surface area contributed by atoms with Crippen LogP contribution in [-0.4, -0.2) is 37.5 Å². The molecule has 1 N–H and O–H groups in total. The molecular weight excluding hydrogens is 356 g/mol. The topological polar surface area (TPSA) is 67.9 Å². The van der Waals surface area contributed by atoms with Gasteiger partial charge < -0.3 is 19.7 Å². The van der Waals surface area contributed by atoms with Crippen LogP contribution in [0.15, 0.2) is 30.3 Å². The first-order valence-electron chi connectivity index (χ1n) is 9.30. The Morgan fingerprint density at radius 1 is 1.04 bits per heavy atom. The zero-order valence-corrected chi connectivity index (χ0v) is 16.8. The van der Waals surface area contributed by atoms with Crippen molar-refractivity contribution in [3.63, 3.8) is 0 Å². The Bertz CT molecular complexity index is 887. The van der Waals surface area contributed by atoms with Gasteiger partial charge in [0.15, 0.2) is 11.5 Å². The number of nitrogens with zero attached hydrogens (tertiary/aromatic N) is 1. The van der Waals surface area contributed by atoms with E-state index in [4.69, 9.17) is 9.47 Å². The molecule has 6 heteroatoms. The van der Waals surface area contributed by atoms with Gasteiger partial charge in [-0.1, -0.05) is 18.2 Å². The van der Waals surface area contributed by atoms with Crippen molar-refractivity contribution in [3.05, 3.63) is 52.6 Å². The van der Waals surface area contributed by atoms with Crippen LogP contribution in [0.4, 0.5) is 5.69 Å². The van der Waals surface area contributed by atoms with Crippen molar-refractivity contribution < 1.29 is 19.1 Å². The molecule has 6 nitrogen and oxygen atoms in total. The van der Waals surface area contributed by atoms with Crippen LogP contribution in [0.5, 0.6) is 11.5 Å². The van der Waals surface area contributed by atoms with E-state index in [1.165, 1.54) is 0 Å². The Labute approximate surface area is 165 Å². The maximum atomic E-state index is 12.7. The standard InChI is InChI=1S/C22H26N2O4/c1-14-6-5-7-15(2)22(14)23-20(25)12-21(26)24-9-8-16-10-18(27-3)19(28-4)11-17(16)13-24/h5-7,10-11H,8-9,12-13H2,1-4H3,(H,23,25). The maximum Gasteiger partial charge on any atom is 0.233 e. The Hall–Kier alpha value is -3.02. The maximum absolute atomic E-state index is 12.7. The van der Waals surface area contributed by atoms with Crippen LogP contribution in [0, 0.1) is 13.8 Å². The van der Waals surface area contributed by atoms with Crippen LogP contribution < -0.4 is 14.8 Å². The first-order valence-corrected chi connectivity index (χ1v) is 9.30. The average Bonchev–Trinajstić information content (AvgIpc) is 2.69. The zero-order chi connectivity index (χ0) is 20.3. The number of aryl methyl sites for hydroxylation is 2. The number of amides is 2. The van der Waals surface area contributed by atoms with E-state index in [1.807, 2.05) is 44.2 Å². The monoisotopic (exact) mass is 382 g/mol. The predicted molar refractivity (Wildman–Crippen MR) is 108 cm³/mol. The van der Waals surface area contributed by atoms with Gasteiger partial charge in [0.25, 0.3) is 0 Å². The molecule has 2 amide bonds. The summed E-state index contributed by atoms with van der Waals surface area (Å²) in [7, 11) is 3.20. The summed E-state index contributed by atoms with van der Waals surface area (Å²) in [6, 6.07) is 9.69. The fourth-order valence-electron chi connectivity index (χ4n) is 3.54. The van der Waals surface area contributed by atoms with Crippen molar-refractivity contribution in [1.29, 1.82) is 0 Å². The number of nitrogens with one attached hydrogen (secondary N) is 1. The molecular formula is C22H26N2O4. The summed E-state index contributed by atoms with van der Waals surface area (Å²) in [6.45, 7) is 4.92. The number of anilines is 1. The highest BCUT2D eigenvalue weighted by atomic mass is 16.5. The minimum atomic E-state index is -0.291. The molecule has 0 unspecified atom stereocenters. The van der Waals surface area contributed by atoms with Crippen LogP contribution in [-0.2, 0) is 22.6 Å². The fraction of sp³-hybridized carbons (Fsp3) is 0.364. The third-order valence-corrected chi connectivity index (χ3v) is 5.13. The number of carbonyl (C=O) groups excluding carboxylic acids is 2. The molecule has 0 atom stereocenters. The summed E-state index contributed by atoms with van der Waals surface area (Å²) in [5, 5.41) is 2.88. The highest BCUT2D eigenvalue weighted by Crippen LogP contribution is 2.33. The van der Waals surface area contributed by atoms with E-state index in [0.717, 1.165) is 34.4 Å². The number of carbonyl (C=O) groups is 2. The number of hydrogen-bond acceptors (Lipinski definition) is 4. The summed E-state index contributed by atoms with van der Waals surface area (Å²) >= 11 is 0. The molecule has 0 saturated carbocycles. The van der Waals surface area contributed by atoms with E-state index < -0.39 is 0 Å². The Morgan fingerprint density at radius 3 is 2.25 bits per heavy atom. The molecule has 0 spiro atoms. The molecule has 0 aromatic heterocycles. The number of para-hydroxylation sites is 1. The molecule has 0 aliphatic carbocycles. The highest BCUT2D eigenvalue weighted by Gasteiger charge is 2.24. The lowest BCUT2D eigenvalue weighted by Gasteiger charge is -2.29. The lowest BCUT2D eigenvalue weighted by molar-refractivity contribution is -0.135. The van der Waals surface area contributed by atoms with Crippen molar-refractivity contribution in [2.24, 2.45) is 0 Å². The van der Waals surface area contributed by atoms with Crippen LogP contribution in [0.25, 0.3) is 0 Å². The van der Waals surface area contributed by atoms with Crippen molar-refractivity contribution in [3.8, 4) is 11.5 Å². The highest BCUT2D eigenvalue weighted by molar-refractivity contribution is 6.04. The van der Waals surface area contributed by atoms with Gasteiger partial charge in [0, 0.05) is 18.8 Å². The minimum Gasteiger partial charge on any atom is -0.493 e. The fourth-order valence-corrected chi connectivity index (χ4v) is 3.54. The molecule has 28 heavy (non-hydrogen) atoms. The van der Waals surface area contributed by atoms with Crippen molar-refractivity contribution >= 4 is 17.5 Å². The largest absolute Gasteiger partial charge is 0.493 e. The summed E-state index contributed by atoms with van der Waals surface area (Å²) < 4.78 is 10.7. The molecule has 0 radical (unpaired) electrons. The van der Waals surface area contributed by atoms with Gasteiger partial charge in [-0.15, -0.1) is 0 Å². The van der Waals surface area contributed by atoms with Crippen molar-refractivity contribution in [1.82, 2.24) is 4.90 Å². The molecule has 2 aromatic carbocycles. The number of methoxy groups -OCH3 is 2. The van der Waals surface area contributed by atoms with Gasteiger partial charge in [0.05, 0.1) is 14.2 Å². The summed E-state index contributed by atoms with van der Waals surface area (Å²) in [6.07, 6.45) is 0.552. The predicted octanol–water partition coefficient (Wildman–Crippen LogP) is 3.23. The molecule has 0 bridgehead atoms. The van der Waals surface area contributed by atoms with Gasteiger partial charge in [-0.2, -0.15) is 0 Å². The van der Waals surface area contributed by atoms with E-state index >= 15 is 0 Å². The van der Waals surface area contributed by atoms with Crippen molar-refractivity contribution in [2.75, 3.05) is 26.1 Å². The number of fused-ring (bicyclic) bond motifs is 1. The van der Waals surface area contributed by atoms with Crippen LogP contribution in [0.3, 0.4) is 0 Å². The second-order valence-electron chi connectivity index (χ2n) is 7.03. The van der Waals surface area contributed by atoms with Gasteiger partial charge in [-0.3, -0.25) is 9.59 Å². The minimum absolute atomic E-state index is 0.170. The van der Waals surface area contributed by atoms with Gasteiger partial charge in [-0.25, -0.2) is 0 Å². The van der Waals surface area contributed by atoms with Crippen molar-refractivity contribution in [2.45, 2.75) is 33.2 Å². The summed E-state index contributed by atoms with van der Waals surface area (Å²) in [5.41, 5.74) is 4.90. The molecule has 0 saturated heterocycles. The second-order valence-corrected chi connectivity index (χ2v) is 7.03. The van der Waals surface area contributed by atoms with Crippen LogP contribution in [0.1, 0.15) is 28.7 Å². The zero-order valence-electron chi connectivity index (χ0n) is 16.8. The molecule has 1 aliphatic heterocycles. The number of hydrogen-bond donors (Lipinski definition) is 1. The van der Waals surface area contributed by atoms with E-state index in [0.29, 0.717) is 24.6 Å². The first kappa shape index (κ1) is 19.7. The first-order chi connectivity index (χ1) is 13.4. The smallest absolute Gasteiger partial charge is 0.233 e. The number of rotatable bonds is 5. The quantitative estimate of drug-likeness (QED) is 0.806. The van der Waals surface area contributed by atoms with E-state index in [9.17, 15) is 9.59 Å². The Kier molecular flexibility index (Phi) is 5.87. The van der Waals surface area contributed by atoms with E-state index in [1.54, 1.807) is 19.1 Å². The molecule has 1 heterocycles. The number of benzene rings is 2. The molecule has 1 aliphatic rings. The lowest BCUT2D eigenvalue weighted by atomic mass is 9.98. The molecule has 0 fully saturated rings. The van der Waals surface area contributed by atoms with Crippen LogP contribution in [0.2, 0.25) is 0 Å². The molecule has 148 valence electrons. The Balaban J connectivity index is 1.67. The average molecular weight is 382 g/mol. The van der Waals surface area contributed by atoms with Gasteiger partial charge in [0.1, 0.15) is 6.42 Å². The summed E-state index contributed by atoms with van der Waals surface area (Å²) in [5.74, 6) is 0.863. The SMILES string of the molecule is COc1cc2c(cc1OC)CN(C(=O)CC(=O)Nc1c(C)cccc1C)CC2. The van der Waals surface area contributed by atoms with Gasteiger partial charge in [-0.05, 0) is 54.7 Å². The Morgan fingerprint density at radius 2 is 1.64 bits per heavy atom. The van der Waals surface area contributed by atoms with Gasteiger partial charge in [0.2, 0.25) is 11.8 Å². The third kappa shape index (κ3) is 4.11. The molecule has 2 aromatic rings.